The molecule has 0 aliphatic heterocycles. The fourth-order valence-corrected chi connectivity index (χ4v) is 2.30. The van der Waals surface area contributed by atoms with Gasteiger partial charge in [0.2, 0.25) is 0 Å². The van der Waals surface area contributed by atoms with Crippen LogP contribution in [-0.4, -0.2) is 23.2 Å². The minimum Gasteiger partial charge on any atom is -0.508 e. The normalized spacial score (nSPS) is 10.7. The van der Waals surface area contributed by atoms with Crippen LogP contribution in [0, 0.1) is 11.3 Å². The highest BCUT2D eigenvalue weighted by molar-refractivity contribution is 6.09. The summed E-state index contributed by atoms with van der Waals surface area (Å²) in [6.45, 7) is 3.64. The summed E-state index contributed by atoms with van der Waals surface area (Å²) in [6, 6.07) is 11.0. The Hall–Kier alpha value is -3.72. The number of phenolic OH excluding ortho intramolecular Hbond substituents is 2. The van der Waals surface area contributed by atoms with Crippen molar-refractivity contribution in [2.24, 2.45) is 0 Å². The first-order valence-electron chi connectivity index (χ1n) is 7.71. The second kappa shape index (κ2) is 8.40. The number of nitrogens with zero attached hydrogens (tertiary/aromatic N) is 1. The molecule has 2 rings (SSSR count). The van der Waals surface area contributed by atoms with Gasteiger partial charge in [-0.15, -0.1) is 6.58 Å². The molecule has 0 radical (unpaired) electrons. The number of rotatable bonds is 6. The van der Waals surface area contributed by atoms with E-state index in [4.69, 9.17) is 4.74 Å². The maximum absolute atomic E-state index is 12.3. The Labute approximate surface area is 151 Å². The van der Waals surface area contributed by atoms with Crippen molar-refractivity contribution in [1.82, 2.24) is 0 Å². The van der Waals surface area contributed by atoms with Crippen LogP contribution in [0.4, 0.5) is 5.69 Å². The minimum absolute atomic E-state index is 0.00315. The standard InChI is InChI=1S/C20H18N2O4/c1-3-4-14-9-13(11-18(26-2)19(14)24)10-15(12-21)20(25)22-16-5-7-17(23)8-6-16/h3,5-11,23-24H,1,4H2,2H3,(H,22,25)/b15-10+. The molecule has 0 aliphatic carbocycles. The summed E-state index contributed by atoms with van der Waals surface area (Å²) in [4.78, 5) is 12.3. The van der Waals surface area contributed by atoms with E-state index in [0.29, 0.717) is 23.2 Å². The number of hydrogen-bond donors (Lipinski definition) is 3. The monoisotopic (exact) mass is 350 g/mol. The highest BCUT2D eigenvalue weighted by atomic mass is 16.5. The van der Waals surface area contributed by atoms with Gasteiger partial charge in [0.1, 0.15) is 17.4 Å². The predicted octanol–water partition coefficient (Wildman–Crippen LogP) is 3.38. The molecule has 0 saturated carbocycles. The number of carbonyl (C=O) groups is 1. The average Bonchev–Trinajstić information content (AvgIpc) is 2.64. The molecule has 0 saturated heterocycles. The first-order chi connectivity index (χ1) is 12.5. The van der Waals surface area contributed by atoms with Crippen LogP contribution in [0.5, 0.6) is 17.2 Å². The number of methoxy groups -OCH3 is 1. The van der Waals surface area contributed by atoms with Crippen LogP contribution in [-0.2, 0) is 11.2 Å². The van der Waals surface area contributed by atoms with E-state index in [1.54, 1.807) is 12.1 Å². The van der Waals surface area contributed by atoms with E-state index in [2.05, 4.69) is 11.9 Å². The highest BCUT2D eigenvalue weighted by Gasteiger charge is 2.13. The van der Waals surface area contributed by atoms with E-state index in [9.17, 15) is 20.3 Å². The Morgan fingerprint density at radius 3 is 2.58 bits per heavy atom. The van der Waals surface area contributed by atoms with Crippen molar-refractivity contribution in [3.63, 3.8) is 0 Å². The highest BCUT2D eigenvalue weighted by Crippen LogP contribution is 2.32. The Balaban J connectivity index is 2.34. The molecule has 3 N–H and O–H groups in total. The number of nitrogens with one attached hydrogen (secondary N) is 1. The Bertz CT molecular complexity index is 893. The summed E-state index contributed by atoms with van der Waals surface area (Å²) in [5.41, 5.74) is 1.44. The first-order valence-corrected chi connectivity index (χ1v) is 7.71. The number of hydrogen-bond acceptors (Lipinski definition) is 5. The van der Waals surface area contributed by atoms with E-state index in [-0.39, 0.29) is 22.8 Å². The summed E-state index contributed by atoms with van der Waals surface area (Å²) in [5, 5.41) is 31.3. The van der Waals surface area contributed by atoms with Gasteiger partial charge in [0, 0.05) is 11.3 Å². The number of allylic oxidation sites excluding steroid dienone is 1. The third kappa shape index (κ3) is 4.42. The van der Waals surface area contributed by atoms with Gasteiger partial charge in [-0.3, -0.25) is 4.79 Å². The van der Waals surface area contributed by atoms with Crippen molar-refractivity contribution < 1.29 is 19.7 Å². The maximum Gasteiger partial charge on any atom is 0.266 e. The predicted molar refractivity (Wildman–Crippen MR) is 98.9 cm³/mol. The molecule has 2 aromatic rings. The van der Waals surface area contributed by atoms with Gasteiger partial charge in [-0.2, -0.15) is 5.26 Å². The molecule has 0 aromatic heterocycles. The minimum atomic E-state index is -0.587. The van der Waals surface area contributed by atoms with Gasteiger partial charge in [0.15, 0.2) is 11.5 Å². The van der Waals surface area contributed by atoms with Crippen LogP contribution < -0.4 is 10.1 Å². The number of amides is 1. The van der Waals surface area contributed by atoms with E-state index in [1.807, 2.05) is 6.07 Å². The lowest BCUT2D eigenvalue weighted by molar-refractivity contribution is -0.112. The second-order valence-electron chi connectivity index (χ2n) is 5.39. The third-order valence-electron chi connectivity index (χ3n) is 3.56. The quantitative estimate of drug-likeness (QED) is 0.321. The van der Waals surface area contributed by atoms with Crippen LogP contribution >= 0.6 is 0 Å². The fourth-order valence-electron chi connectivity index (χ4n) is 2.30. The number of aromatic hydroxyl groups is 2. The van der Waals surface area contributed by atoms with Crippen LogP contribution in [0.3, 0.4) is 0 Å². The van der Waals surface area contributed by atoms with Crippen molar-refractivity contribution in [1.29, 1.82) is 5.26 Å². The van der Waals surface area contributed by atoms with Gasteiger partial charge in [-0.05, 0) is 54.5 Å². The number of ether oxygens (including phenoxy) is 1. The summed E-state index contributed by atoms with van der Waals surface area (Å²) in [7, 11) is 1.42. The first kappa shape index (κ1) is 18.6. The van der Waals surface area contributed by atoms with Crippen molar-refractivity contribution in [3.05, 3.63) is 65.8 Å². The molecule has 6 nitrogen and oxygen atoms in total. The lowest BCUT2D eigenvalue weighted by Gasteiger charge is -2.10. The maximum atomic E-state index is 12.3. The second-order valence-corrected chi connectivity index (χ2v) is 5.39. The van der Waals surface area contributed by atoms with Gasteiger partial charge >= 0.3 is 0 Å². The number of nitriles is 1. The molecule has 132 valence electrons. The Morgan fingerprint density at radius 1 is 1.31 bits per heavy atom. The van der Waals surface area contributed by atoms with Crippen LogP contribution in [0.1, 0.15) is 11.1 Å². The van der Waals surface area contributed by atoms with Gasteiger partial charge in [0.05, 0.1) is 7.11 Å². The summed E-state index contributed by atoms with van der Waals surface area (Å²) >= 11 is 0. The molecule has 6 heteroatoms. The Kier molecular flexibility index (Phi) is 6.01. The van der Waals surface area contributed by atoms with Crippen LogP contribution in [0.2, 0.25) is 0 Å². The van der Waals surface area contributed by atoms with Crippen molar-refractivity contribution in [2.75, 3.05) is 12.4 Å². The molecule has 0 bridgehead atoms. The molecule has 0 heterocycles. The lowest BCUT2D eigenvalue weighted by Crippen LogP contribution is -2.13. The zero-order valence-electron chi connectivity index (χ0n) is 14.2. The van der Waals surface area contributed by atoms with Crippen LogP contribution in [0.25, 0.3) is 6.08 Å². The Morgan fingerprint density at radius 2 is 2.00 bits per heavy atom. The number of carbonyl (C=O) groups excluding carboxylic acids is 1. The fraction of sp³-hybridized carbons (Fsp3) is 0.100. The molecule has 26 heavy (non-hydrogen) atoms. The number of anilines is 1. The lowest BCUT2D eigenvalue weighted by atomic mass is 10.0. The van der Waals surface area contributed by atoms with Crippen molar-refractivity contribution in [3.8, 4) is 23.3 Å². The summed E-state index contributed by atoms with van der Waals surface area (Å²) in [5.74, 6) is -0.274. The van der Waals surface area contributed by atoms with E-state index >= 15 is 0 Å². The molecule has 0 fully saturated rings. The number of phenols is 2. The summed E-state index contributed by atoms with van der Waals surface area (Å²) < 4.78 is 5.13. The molecule has 1 amide bonds. The topological polar surface area (TPSA) is 103 Å². The van der Waals surface area contributed by atoms with Gasteiger partial charge in [-0.1, -0.05) is 6.08 Å². The zero-order chi connectivity index (χ0) is 19.1. The SMILES string of the molecule is C=CCc1cc(/C=C(\C#N)C(=O)Nc2ccc(O)cc2)cc(OC)c1O. The molecule has 0 atom stereocenters. The molecule has 0 spiro atoms. The molecule has 0 unspecified atom stereocenters. The smallest absolute Gasteiger partial charge is 0.266 e. The average molecular weight is 350 g/mol. The molecule has 0 aliphatic rings. The molecule has 2 aromatic carbocycles. The summed E-state index contributed by atoms with van der Waals surface area (Å²) in [6.07, 6.45) is 3.44. The van der Waals surface area contributed by atoms with Gasteiger partial charge in [0.25, 0.3) is 5.91 Å². The van der Waals surface area contributed by atoms with E-state index in [0.717, 1.165) is 0 Å². The van der Waals surface area contributed by atoms with Crippen molar-refractivity contribution >= 4 is 17.7 Å². The van der Waals surface area contributed by atoms with Gasteiger partial charge in [-0.25, -0.2) is 0 Å². The largest absolute Gasteiger partial charge is 0.508 e. The van der Waals surface area contributed by atoms with E-state index < -0.39 is 5.91 Å². The molecular weight excluding hydrogens is 332 g/mol. The van der Waals surface area contributed by atoms with E-state index in [1.165, 1.54) is 43.5 Å². The zero-order valence-corrected chi connectivity index (χ0v) is 14.2. The molecular formula is C20H18N2O4. The van der Waals surface area contributed by atoms with Gasteiger partial charge < -0.3 is 20.3 Å². The number of benzene rings is 2. The van der Waals surface area contributed by atoms with Crippen molar-refractivity contribution in [2.45, 2.75) is 6.42 Å². The van der Waals surface area contributed by atoms with Crippen LogP contribution in [0.15, 0.2) is 54.6 Å². The third-order valence-corrected chi connectivity index (χ3v) is 3.56.